The molecular weight excluding hydrogens is 164 g/mol. The first-order valence-electron chi connectivity index (χ1n) is 4.16. The molecule has 3 nitrogen and oxygen atoms in total. The van der Waals surface area contributed by atoms with Crippen LogP contribution in [0.25, 0.3) is 0 Å². The third-order valence-electron chi connectivity index (χ3n) is 1.75. The molecule has 0 amide bonds. The summed E-state index contributed by atoms with van der Waals surface area (Å²) in [5, 5.41) is 8.87. The number of aliphatic hydroxyl groups excluding tert-OH is 1. The molecule has 1 aromatic rings. The summed E-state index contributed by atoms with van der Waals surface area (Å²) in [6, 6.07) is 5.58. The highest BCUT2D eigenvalue weighted by Crippen LogP contribution is 2.09. The summed E-state index contributed by atoms with van der Waals surface area (Å²) >= 11 is 0. The SMILES string of the molecule is C=CCN(C)c1cccc(CO)n1. The highest BCUT2D eigenvalue weighted by atomic mass is 16.3. The lowest BCUT2D eigenvalue weighted by Gasteiger charge is -2.15. The average Bonchev–Trinajstić information content (AvgIpc) is 2.18. The molecule has 0 aliphatic carbocycles. The van der Waals surface area contributed by atoms with Crippen molar-refractivity contribution in [2.24, 2.45) is 0 Å². The number of aliphatic hydroxyl groups is 1. The van der Waals surface area contributed by atoms with Crippen LogP contribution in [0.4, 0.5) is 5.82 Å². The Balaban J connectivity index is 2.81. The third kappa shape index (κ3) is 2.56. The summed E-state index contributed by atoms with van der Waals surface area (Å²) < 4.78 is 0. The number of pyridine rings is 1. The van der Waals surface area contributed by atoms with Crippen LogP contribution >= 0.6 is 0 Å². The van der Waals surface area contributed by atoms with E-state index in [-0.39, 0.29) is 6.61 Å². The Hall–Kier alpha value is -1.35. The fraction of sp³-hybridized carbons (Fsp3) is 0.300. The number of rotatable bonds is 4. The highest BCUT2D eigenvalue weighted by molar-refractivity contribution is 5.38. The van der Waals surface area contributed by atoms with Crippen molar-refractivity contribution in [3.63, 3.8) is 0 Å². The van der Waals surface area contributed by atoms with Crippen LogP contribution in [0.2, 0.25) is 0 Å². The van der Waals surface area contributed by atoms with Gasteiger partial charge >= 0.3 is 0 Å². The fourth-order valence-electron chi connectivity index (χ4n) is 1.05. The molecule has 1 N–H and O–H groups in total. The molecule has 0 saturated carbocycles. The molecule has 1 aromatic heterocycles. The van der Waals surface area contributed by atoms with E-state index in [4.69, 9.17) is 5.11 Å². The Morgan fingerprint density at radius 3 is 3.00 bits per heavy atom. The first-order valence-corrected chi connectivity index (χ1v) is 4.16. The van der Waals surface area contributed by atoms with Gasteiger partial charge in [0.05, 0.1) is 12.3 Å². The van der Waals surface area contributed by atoms with Gasteiger partial charge in [0.2, 0.25) is 0 Å². The molecular formula is C10H14N2O. The fourth-order valence-corrected chi connectivity index (χ4v) is 1.05. The maximum Gasteiger partial charge on any atom is 0.128 e. The molecule has 0 spiro atoms. The minimum Gasteiger partial charge on any atom is -0.390 e. The number of anilines is 1. The Bertz CT molecular complexity index is 286. The van der Waals surface area contributed by atoms with Gasteiger partial charge in [0.1, 0.15) is 5.82 Å². The van der Waals surface area contributed by atoms with Crippen molar-refractivity contribution >= 4 is 5.82 Å². The van der Waals surface area contributed by atoms with Gasteiger partial charge in [0.15, 0.2) is 0 Å². The lowest BCUT2D eigenvalue weighted by molar-refractivity contribution is 0.277. The zero-order chi connectivity index (χ0) is 9.68. The highest BCUT2D eigenvalue weighted by Gasteiger charge is 2.00. The molecule has 0 saturated heterocycles. The molecule has 3 heteroatoms. The normalized spacial score (nSPS) is 9.69. The first-order chi connectivity index (χ1) is 6.27. The number of nitrogens with zero attached hydrogens (tertiary/aromatic N) is 2. The van der Waals surface area contributed by atoms with E-state index in [1.807, 2.05) is 30.2 Å². The molecule has 0 bridgehead atoms. The van der Waals surface area contributed by atoms with E-state index in [1.165, 1.54) is 0 Å². The van der Waals surface area contributed by atoms with E-state index in [0.29, 0.717) is 5.69 Å². The Kier molecular flexibility index (Phi) is 3.46. The lowest BCUT2D eigenvalue weighted by Crippen LogP contribution is -2.18. The van der Waals surface area contributed by atoms with Crippen molar-refractivity contribution in [1.82, 2.24) is 4.98 Å². The van der Waals surface area contributed by atoms with Crippen LogP contribution in [0.1, 0.15) is 5.69 Å². The van der Waals surface area contributed by atoms with Crippen LogP contribution in [0.5, 0.6) is 0 Å². The van der Waals surface area contributed by atoms with Crippen LogP contribution < -0.4 is 4.90 Å². The number of likely N-dealkylation sites (N-methyl/N-ethyl adjacent to an activating group) is 1. The van der Waals surface area contributed by atoms with Gasteiger partial charge in [0.25, 0.3) is 0 Å². The smallest absolute Gasteiger partial charge is 0.128 e. The largest absolute Gasteiger partial charge is 0.390 e. The van der Waals surface area contributed by atoms with Crippen LogP contribution in [0.3, 0.4) is 0 Å². The maximum atomic E-state index is 8.87. The van der Waals surface area contributed by atoms with Gasteiger partial charge in [-0.15, -0.1) is 6.58 Å². The molecule has 0 aromatic carbocycles. The number of aromatic nitrogens is 1. The molecule has 0 radical (unpaired) electrons. The van der Waals surface area contributed by atoms with E-state index in [0.717, 1.165) is 12.4 Å². The maximum absolute atomic E-state index is 8.87. The molecule has 13 heavy (non-hydrogen) atoms. The van der Waals surface area contributed by atoms with E-state index >= 15 is 0 Å². The first kappa shape index (κ1) is 9.74. The summed E-state index contributed by atoms with van der Waals surface area (Å²) in [5.74, 6) is 0.853. The van der Waals surface area contributed by atoms with Gasteiger partial charge in [0, 0.05) is 13.6 Å². The Morgan fingerprint density at radius 2 is 2.38 bits per heavy atom. The van der Waals surface area contributed by atoms with E-state index < -0.39 is 0 Å². The summed E-state index contributed by atoms with van der Waals surface area (Å²) in [6.45, 7) is 4.38. The monoisotopic (exact) mass is 178 g/mol. The summed E-state index contributed by atoms with van der Waals surface area (Å²) in [5.41, 5.74) is 0.688. The van der Waals surface area contributed by atoms with Crippen LogP contribution in [0.15, 0.2) is 30.9 Å². The number of hydrogen-bond acceptors (Lipinski definition) is 3. The van der Waals surface area contributed by atoms with E-state index in [1.54, 1.807) is 6.07 Å². The summed E-state index contributed by atoms with van der Waals surface area (Å²) in [6.07, 6.45) is 1.81. The quantitative estimate of drug-likeness (QED) is 0.704. The molecule has 0 atom stereocenters. The minimum atomic E-state index is -0.0181. The van der Waals surface area contributed by atoms with Crippen LogP contribution in [-0.4, -0.2) is 23.7 Å². The van der Waals surface area contributed by atoms with Gasteiger partial charge in [-0.05, 0) is 12.1 Å². The zero-order valence-electron chi connectivity index (χ0n) is 7.77. The van der Waals surface area contributed by atoms with Crippen molar-refractivity contribution in [3.05, 3.63) is 36.5 Å². The summed E-state index contributed by atoms with van der Waals surface area (Å²) in [4.78, 5) is 6.20. The molecule has 1 heterocycles. The van der Waals surface area contributed by atoms with Gasteiger partial charge in [-0.25, -0.2) is 4.98 Å². The Morgan fingerprint density at radius 1 is 1.62 bits per heavy atom. The van der Waals surface area contributed by atoms with Crippen molar-refractivity contribution in [2.45, 2.75) is 6.61 Å². The predicted molar refractivity (Wildman–Crippen MR) is 53.6 cm³/mol. The standard InChI is InChI=1S/C10H14N2O/c1-3-7-12(2)10-6-4-5-9(8-13)11-10/h3-6,13H,1,7-8H2,2H3. The zero-order valence-corrected chi connectivity index (χ0v) is 7.77. The van der Waals surface area contributed by atoms with Crippen LogP contribution in [0, 0.1) is 0 Å². The topological polar surface area (TPSA) is 36.4 Å². The van der Waals surface area contributed by atoms with E-state index in [2.05, 4.69) is 11.6 Å². The second-order valence-electron chi connectivity index (χ2n) is 2.81. The average molecular weight is 178 g/mol. The van der Waals surface area contributed by atoms with Crippen molar-refractivity contribution in [2.75, 3.05) is 18.5 Å². The molecule has 0 aliphatic rings. The van der Waals surface area contributed by atoms with Crippen molar-refractivity contribution < 1.29 is 5.11 Å². The van der Waals surface area contributed by atoms with Crippen LogP contribution in [-0.2, 0) is 6.61 Å². The Labute approximate surface area is 78.3 Å². The molecule has 0 unspecified atom stereocenters. The van der Waals surface area contributed by atoms with Crippen molar-refractivity contribution in [1.29, 1.82) is 0 Å². The minimum absolute atomic E-state index is 0.0181. The van der Waals surface area contributed by atoms with E-state index in [9.17, 15) is 0 Å². The lowest BCUT2D eigenvalue weighted by atomic mass is 10.3. The predicted octanol–water partition coefficient (Wildman–Crippen LogP) is 1.20. The second kappa shape index (κ2) is 4.62. The number of hydrogen-bond donors (Lipinski definition) is 1. The van der Waals surface area contributed by atoms with Crippen molar-refractivity contribution in [3.8, 4) is 0 Å². The molecule has 0 aliphatic heterocycles. The van der Waals surface area contributed by atoms with Gasteiger partial charge in [-0.3, -0.25) is 0 Å². The van der Waals surface area contributed by atoms with Gasteiger partial charge < -0.3 is 10.0 Å². The van der Waals surface area contributed by atoms with Gasteiger partial charge in [-0.1, -0.05) is 12.1 Å². The second-order valence-corrected chi connectivity index (χ2v) is 2.81. The van der Waals surface area contributed by atoms with Gasteiger partial charge in [-0.2, -0.15) is 0 Å². The molecule has 0 fully saturated rings. The summed E-state index contributed by atoms with van der Waals surface area (Å²) in [7, 11) is 1.94. The molecule has 1 rings (SSSR count). The third-order valence-corrected chi connectivity index (χ3v) is 1.75. The molecule has 70 valence electrons.